The highest BCUT2D eigenvalue weighted by Gasteiger charge is 2.61. The second kappa shape index (κ2) is 36.3. The number of nitrogens with one attached hydrogen (secondary N) is 3. The Balaban J connectivity index is 1.18. The van der Waals surface area contributed by atoms with Crippen LogP contribution in [0.15, 0.2) is 0 Å². The summed E-state index contributed by atoms with van der Waals surface area (Å²) in [6.45, 7) is -3.97. The third kappa shape index (κ3) is 18.6. The van der Waals surface area contributed by atoms with E-state index in [0.29, 0.717) is 0 Å². The number of aliphatic hydroxyl groups excluding tert-OH is 23. The van der Waals surface area contributed by atoms with Crippen LogP contribution < -0.4 is 16.0 Å². The van der Waals surface area contributed by atoms with E-state index in [2.05, 4.69) is 16.0 Å². The first-order chi connectivity index (χ1) is 48.5. The molecule has 596 valence electrons. The third-order valence-corrected chi connectivity index (χ3v) is 18.8. The van der Waals surface area contributed by atoms with Crippen LogP contribution in [0.2, 0.25) is 0 Å². The number of hydrogen-bond donors (Lipinski definition) is 27. The van der Waals surface area contributed by atoms with Gasteiger partial charge in [0.25, 0.3) is 5.79 Å². The molecule has 103 heavy (non-hydrogen) atoms. The van der Waals surface area contributed by atoms with Crippen molar-refractivity contribution in [3.05, 3.63) is 0 Å². The second-order valence-electron chi connectivity index (χ2n) is 26.1. The molecule has 8 aliphatic heterocycles. The van der Waals surface area contributed by atoms with Crippen molar-refractivity contribution >= 4 is 23.7 Å². The Labute approximate surface area is 582 Å². The van der Waals surface area contributed by atoms with E-state index < -0.39 is 327 Å². The molecule has 0 aliphatic carbocycles. The minimum absolute atomic E-state index is 0.864. The molecule has 1 unspecified atom stereocenters. The molecule has 3 amide bonds. The maximum atomic E-state index is 13.6. The number of rotatable bonds is 27. The Morgan fingerprint density at radius 1 is 0.417 bits per heavy atom. The van der Waals surface area contributed by atoms with E-state index in [0.717, 1.165) is 20.8 Å². The summed E-state index contributed by atoms with van der Waals surface area (Å²) in [7, 11) is 0. The van der Waals surface area contributed by atoms with E-state index in [1.54, 1.807) is 0 Å². The zero-order valence-corrected chi connectivity index (χ0v) is 55.2. The van der Waals surface area contributed by atoms with Crippen molar-refractivity contribution in [1.29, 1.82) is 0 Å². The van der Waals surface area contributed by atoms with E-state index >= 15 is 0 Å². The van der Waals surface area contributed by atoms with Crippen molar-refractivity contribution in [2.75, 3.05) is 46.2 Å². The van der Waals surface area contributed by atoms with Gasteiger partial charge in [0.2, 0.25) is 17.7 Å². The first kappa shape index (κ1) is 85.0. The minimum Gasteiger partial charge on any atom is -0.477 e. The van der Waals surface area contributed by atoms with Gasteiger partial charge in [0.15, 0.2) is 44.0 Å². The molecule has 41 atom stereocenters. The van der Waals surface area contributed by atoms with E-state index in [1.807, 2.05) is 0 Å². The van der Waals surface area contributed by atoms with E-state index in [-0.39, 0.29) is 0 Å². The van der Waals surface area contributed by atoms with Crippen LogP contribution in [0.4, 0.5) is 0 Å². The van der Waals surface area contributed by atoms with Gasteiger partial charge in [-0.05, 0) is 6.92 Å². The summed E-state index contributed by atoms with van der Waals surface area (Å²) >= 11 is 0. The minimum atomic E-state index is -3.29. The predicted molar refractivity (Wildman–Crippen MR) is 315 cm³/mol. The topological polar surface area (TPSA) is 728 Å². The highest BCUT2D eigenvalue weighted by Crippen LogP contribution is 2.40. The maximum Gasteiger partial charge on any atom is 0.364 e. The van der Waals surface area contributed by atoms with Gasteiger partial charge in [-0.1, -0.05) is 0 Å². The molecule has 8 saturated heterocycles. The molecule has 0 radical (unpaired) electrons. The van der Waals surface area contributed by atoms with Crippen LogP contribution in [0.5, 0.6) is 0 Å². The summed E-state index contributed by atoms with van der Waals surface area (Å²) in [4.78, 5) is 52.1. The summed E-state index contributed by atoms with van der Waals surface area (Å²) < 4.78 is 88.0. The Kier molecular flexibility index (Phi) is 29.9. The molecule has 0 saturated carbocycles. The van der Waals surface area contributed by atoms with Crippen molar-refractivity contribution in [2.45, 2.75) is 285 Å². The van der Waals surface area contributed by atoms with Crippen molar-refractivity contribution in [3.63, 3.8) is 0 Å². The zero-order chi connectivity index (χ0) is 76.3. The lowest BCUT2D eigenvalue weighted by atomic mass is 9.88. The van der Waals surface area contributed by atoms with Gasteiger partial charge in [0.1, 0.15) is 183 Å². The summed E-state index contributed by atoms with van der Waals surface area (Å²) in [6.07, 6.45) is -79.0. The highest BCUT2D eigenvalue weighted by molar-refractivity contribution is 5.77. The molecular weight excluding hydrogens is 1410 g/mol. The molecule has 0 bridgehead atoms. The summed E-state index contributed by atoms with van der Waals surface area (Å²) in [6, 6.07) is -5.78. The Morgan fingerprint density at radius 3 is 1.40 bits per heavy atom. The molecule has 27 N–H and O–H groups in total. The lowest BCUT2D eigenvalue weighted by molar-refractivity contribution is -0.395. The lowest BCUT2D eigenvalue weighted by Crippen LogP contribution is -2.71. The van der Waals surface area contributed by atoms with Crippen LogP contribution in [0.1, 0.15) is 34.1 Å². The standard InChI is InChI=1S/C57H95N3O43/c1-13-28(71)35(78)40(83)52(91-13)102-48-37(80)31(74)20(8-63)94-55(48)100-45-24(12-90-57(56(87)88)5-17(69)25(58-14(2)66)46(103-57)29(72)18(70)6-61)97-51(27(34(45)77)60-16(4)68)101-47-32(75)23(96-54(42(47)85)99-44-21(9-64)92-49(86)39(82)38(44)81)11-89-50-26(59-15(3)67)33(76)43(22(10-65)95-50)98-53-41(84)36(79)30(73)19(7-62)93-53/h13,17-55,61-65,69-86H,5-12H2,1-4H3,(H,58,66)(H,59,67)(H,60,68)(H,87,88)/t13-,17+,18+,19+,20+,21-,22+,23-,24+,25-,26-,27+,28+,29+,30-,31-,32+,33-,34+,35-,36+,37+,38+,39+,40+,41-,42+,43+,44+,45-,46-,47+,48-,49-,50+,51+,52-,53-,54?,55-,57-/m1/s1. The lowest BCUT2D eigenvalue weighted by Gasteiger charge is -2.51. The fourth-order valence-electron chi connectivity index (χ4n) is 13.1. The van der Waals surface area contributed by atoms with Crippen LogP contribution in [-0.2, 0) is 90.2 Å². The molecule has 0 aromatic carbocycles. The van der Waals surface area contributed by atoms with Crippen molar-refractivity contribution < 1.29 is 213 Å². The number of carboxylic acid groups (broad SMARTS) is 1. The predicted octanol–water partition coefficient (Wildman–Crippen LogP) is -17.8. The van der Waals surface area contributed by atoms with Crippen molar-refractivity contribution in [2.24, 2.45) is 0 Å². The van der Waals surface area contributed by atoms with Crippen molar-refractivity contribution in [1.82, 2.24) is 16.0 Å². The Hall–Kier alpha value is -3.64. The first-order valence-electron chi connectivity index (χ1n) is 32.6. The van der Waals surface area contributed by atoms with Crippen LogP contribution in [0.3, 0.4) is 0 Å². The SMILES string of the molecule is CC(=O)N[C@@H]1[C@H](O[C@H]2[C@@H](O)[C@@H](CO[C@H]3O[C@@H](CO)[C@H](O[C@H]4O[C@@H](CO)[C@@H](O)[C@H](O)[C@H]4O)[C@H](O)[C@H]3NC(C)=O)OC(O[C@@H]3[C@@H](O)[C@H](O)[C@H](O)O[C@@H]3CO)[C@H]2O)O[C@@H](CO[C@]2(C(=O)O)C[C@H](O)[C@@H](NC(C)=O)[C@H]([C@@H](O)[C@@H](O)CO)O2)[C@@H](O[C@H]2O[C@@H](CO)[C@@H](O)[C@H](O)[C@H]2O[C@H]2O[C@H](C)[C@H](O)[C@@H](O)[C@@H]2O)[C@H]1O. The number of carbonyl (C=O) groups is 4. The fourth-order valence-corrected chi connectivity index (χ4v) is 13.1. The molecule has 8 heterocycles. The molecule has 46 heteroatoms. The first-order valence-corrected chi connectivity index (χ1v) is 32.6. The number of hydrogen-bond acceptors (Lipinski definition) is 42. The number of amides is 3. The maximum absolute atomic E-state index is 13.6. The molecule has 8 rings (SSSR count). The molecule has 8 aliphatic rings. The quantitative estimate of drug-likeness (QED) is 0.0363. The molecule has 0 aromatic rings. The van der Waals surface area contributed by atoms with Gasteiger partial charge in [0, 0.05) is 27.2 Å². The average Bonchev–Trinajstić information content (AvgIpc) is 0.763. The fraction of sp³-hybridized carbons (Fsp3) is 0.930. The summed E-state index contributed by atoms with van der Waals surface area (Å²) in [5.41, 5.74) is 0. The highest BCUT2D eigenvalue weighted by atomic mass is 16.8. The monoisotopic (exact) mass is 1510 g/mol. The van der Waals surface area contributed by atoms with Gasteiger partial charge >= 0.3 is 5.97 Å². The van der Waals surface area contributed by atoms with Gasteiger partial charge in [0.05, 0.1) is 64.5 Å². The van der Waals surface area contributed by atoms with Crippen LogP contribution >= 0.6 is 0 Å². The normalized spacial score (nSPS) is 48.3. The van der Waals surface area contributed by atoms with Crippen LogP contribution in [0, 0.1) is 0 Å². The summed E-state index contributed by atoms with van der Waals surface area (Å²) in [5.74, 6) is -8.30. The van der Waals surface area contributed by atoms with Crippen molar-refractivity contribution in [3.8, 4) is 0 Å². The molecule has 46 nitrogen and oxygen atoms in total. The summed E-state index contributed by atoms with van der Waals surface area (Å²) in [5, 5.41) is 270. The Bertz CT molecular complexity index is 2720. The smallest absolute Gasteiger partial charge is 0.364 e. The molecule has 0 aromatic heterocycles. The van der Waals surface area contributed by atoms with Gasteiger partial charge in [-0.2, -0.15) is 0 Å². The Morgan fingerprint density at radius 2 is 0.845 bits per heavy atom. The van der Waals surface area contributed by atoms with Gasteiger partial charge < -0.3 is 210 Å². The van der Waals surface area contributed by atoms with E-state index in [1.165, 1.54) is 6.92 Å². The average molecular weight is 1510 g/mol. The molecule has 0 spiro atoms. The second-order valence-corrected chi connectivity index (χ2v) is 26.1. The number of ether oxygens (including phenoxy) is 15. The molecule has 8 fully saturated rings. The largest absolute Gasteiger partial charge is 0.477 e. The van der Waals surface area contributed by atoms with E-state index in [9.17, 15) is 142 Å². The van der Waals surface area contributed by atoms with Gasteiger partial charge in [-0.15, -0.1) is 0 Å². The van der Waals surface area contributed by atoms with Gasteiger partial charge in [-0.3, -0.25) is 14.4 Å². The molecular formula is C57H95N3O43. The van der Waals surface area contributed by atoms with Gasteiger partial charge in [-0.25, -0.2) is 4.79 Å². The van der Waals surface area contributed by atoms with Crippen LogP contribution in [0.25, 0.3) is 0 Å². The zero-order valence-electron chi connectivity index (χ0n) is 55.2. The number of aliphatic carboxylic acids is 1. The number of aliphatic hydroxyl groups is 23. The van der Waals surface area contributed by atoms with Crippen LogP contribution in [-0.4, -0.2) is 444 Å². The van der Waals surface area contributed by atoms with E-state index in [4.69, 9.17) is 71.1 Å². The third-order valence-electron chi connectivity index (χ3n) is 18.8. The number of carboxylic acids is 1. The number of carbonyl (C=O) groups excluding carboxylic acids is 3.